The third-order valence-electron chi connectivity index (χ3n) is 2.74. The number of amides is 1. The summed E-state index contributed by atoms with van der Waals surface area (Å²) < 4.78 is 6.64. The Morgan fingerprint density at radius 2 is 2.17 bits per heavy atom. The van der Waals surface area contributed by atoms with E-state index in [2.05, 4.69) is 10.2 Å². The summed E-state index contributed by atoms with van der Waals surface area (Å²) in [5.74, 6) is 6.94. The van der Waals surface area contributed by atoms with Gasteiger partial charge in [0.1, 0.15) is 0 Å². The van der Waals surface area contributed by atoms with Gasteiger partial charge in [-0.1, -0.05) is 18.7 Å². The van der Waals surface area contributed by atoms with Gasteiger partial charge in [0.15, 0.2) is 5.82 Å². The van der Waals surface area contributed by atoms with Gasteiger partial charge in [0.25, 0.3) is 0 Å². The highest BCUT2D eigenvalue weighted by Crippen LogP contribution is 2.15. The summed E-state index contributed by atoms with van der Waals surface area (Å²) in [6, 6.07) is 0. The number of rotatable bonds is 4. The third kappa shape index (κ3) is 2.94. The number of nitrogen functional groups attached to an aromatic ring is 1. The lowest BCUT2D eigenvalue weighted by molar-refractivity contribution is -0.132. The molecule has 2 rings (SSSR count). The molecule has 100 valence electrons. The molecular weight excluding hydrogens is 254 g/mol. The van der Waals surface area contributed by atoms with E-state index in [0.717, 1.165) is 12.2 Å². The topological polar surface area (TPSA) is 86.3 Å². The number of aromatic nitrogens is 3. The minimum atomic E-state index is 0.0874. The van der Waals surface area contributed by atoms with Crippen molar-refractivity contribution < 1.29 is 9.53 Å². The number of thioether (sulfide) groups is 1. The normalized spacial score (nSPS) is 15.9. The molecule has 8 heteroatoms. The van der Waals surface area contributed by atoms with Crippen LogP contribution in [0.2, 0.25) is 0 Å². The quantitative estimate of drug-likeness (QED) is 0.587. The van der Waals surface area contributed by atoms with Crippen LogP contribution in [0.5, 0.6) is 0 Å². The van der Waals surface area contributed by atoms with E-state index < -0.39 is 0 Å². The van der Waals surface area contributed by atoms with Crippen molar-refractivity contribution in [3.63, 3.8) is 0 Å². The van der Waals surface area contributed by atoms with Gasteiger partial charge in [0.2, 0.25) is 11.1 Å². The van der Waals surface area contributed by atoms with Crippen molar-refractivity contribution >= 4 is 17.7 Å². The number of hydrogen-bond donors (Lipinski definition) is 1. The van der Waals surface area contributed by atoms with Crippen LogP contribution in [0.15, 0.2) is 5.16 Å². The molecule has 0 aromatic carbocycles. The van der Waals surface area contributed by atoms with Crippen LogP contribution in [-0.2, 0) is 16.0 Å². The highest BCUT2D eigenvalue weighted by molar-refractivity contribution is 7.99. The van der Waals surface area contributed by atoms with Gasteiger partial charge in [0, 0.05) is 19.5 Å². The van der Waals surface area contributed by atoms with Crippen LogP contribution in [0, 0.1) is 0 Å². The lowest BCUT2D eigenvalue weighted by Crippen LogP contribution is -2.41. The van der Waals surface area contributed by atoms with E-state index in [-0.39, 0.29) is 5.91 Å². The van der Waals surface area contributed by atoms with Gasteiger partial charge in [-0.05, 0) is 0 Å². The van der Waals surface area contributed by atoms with Gasteiger partial charge in [-0.2, -0.15) is 0 Å². The Morgan fingerprint density at radius 3 is 2.78 bits per heavy atom. The number of ether oxygens (including phenoxy) is 1. The number of morpholine rings is 1. The van der Waals surface area contributed by atoms with E-state index in [1.807, 2.05) is 6.92 Å². The van der Waals surface area contributed by atoms with Crippen LogP contribution in [0.3, 0.4) is 0 Å². The van der Waals surface area contributed by atoms with Crippen LogP contribution in [0.1, 0.15) is 12.7 Å². The molecule has 1 saturated heterocycles. The minimum Gasteiger partial charge on any atom is -0.378 e. The second kappa shape index (κ2) is 6.05. The highest BCUT2D eigenvalue weighted by Gasteiger charge is 2.18. The molecule has 1 aromatic rings. The van der Waals surface area contributed by atoms with Crippen LogP contribution in [0.25, 0.3) is 0 Å². The van der Waals surface area contributed by atoms with Crippen molar-refractivity contribution in [2.75, 3.05) is 37.9 Å². The van der Waals surface area contributed by atoms with Crippen LogP contribution < -0.4 is 5.84 Å². The first-order chi connectivity index (χ1) is 8.72. The SMILES string of the molecule is CCc1nnc(SCC(=O)N2CCOCC2)n1N. The standard InChI is InChI=1S/C10H17N5O2S/c1-2-8-12-13-10(15(8)11)18-7-9(16)14-3-5-17-6-4-14/h2-7,11H2,1H3. The van der Waals surface area contributed by atoms with Crippen molar-refractivity contribution in [3.05, 3.63) is 5.82 Å². The Bertz CT molecular complexity index is 416. The summed E-state index contributed by atoms with van der Waals surface area (Å²) in [7, 11) is 0. The van der Waals surface area contributed by atoms with E-state index in [9.17, 15) is 4.79 Å². The van der Waals surface area contributed by atoms with E-state index >= 15 is 0 Å². The maximum atomic E-state index is 11.9. The Morgan fingerprint density at radius 1 is 1.44 bits per heavy atom. The number of nitrogens with two attached hydrogens (primary N) is 1. The molecular formula is C10H17N5O2S. The lowest BCUT2D eigenvalue weighted by Gasteiger charge is -2.26. The predicted molar refractivity (Wildman–Crippen MR) is 67.7 cm³/mol. The van der Waals surface area contributed by atoms with E-state index in [1.54, 1.807) is 4.90 Å². The zero-order chi connectivity index (χ0) is 13.0. The van der Waals surface area contributed by atoms with Crippen molar-refractivity contribution in [2.45, 2.75) is 18.5 Å². The zero-order valence-corrected chi connectivity index (χ0v) is 11.2. The Balaban J connectivity index is 1.86. The molecule has 1 aromatic heterocycles. The Labute approximate surface area is 110 Å². The van der Waals surface area contributed by atoms with Crippen LogP contribution in [-0.4, -0.2) is 57.7 Å². The fourth-order valence-corrected chi connectivity index (χ4v) is 2.46. The lowest BCUT2D eigenvalue weighted by atomic mass is 10.4. The summed E-state index contributed by atoms with van der Waals surface area (Å²) in [6.45, 7) is 4.51. The fraction of sp³-hybridized carbons (Fsp3) is 0.700. The highest BCUT2D eigenvalue weighted by atomic mass is 32.2. The molecule has 18 heavy (non-hydrogen) atoms. The van der Waals surface area contributed by atoms with Crippen LogP contribution in [0.4, 0.5) is 0 Å². The van der Waals surface area contributed by atoms with Gasteiger partial charge in [-0.25, -0.2) is 4.68 Å². The smallest absolute Gasteiger partial charge is 0.233 e. The first kappa shape index (κ1) is 13.2. The molecule has 0 aliphatic carbocycles. The average molecular weight is 271 g/mol. The first-order valence-corrected chi connectivity index (χ1v) is 6.88. The number of carbonyl (C=O) groups is 1. The van der Waals surface area contributed by atoms with Crippen LogP contribution >= 0.6 is 11.8 Å². The minimum absolute atomic E-state index is 0.0874. The monoisotopic (exact) mass is 271 g/mol. The molecule has 0 bridgehead atoms. The largest absolute Gasteiger partial charge is 0.378 e. The van der Waals surface area contributed by atoms with Gasteiger partial charge < -0.3 is 15.5 Å². The molecule has 0 unspecified atom stereocenters. The van der Waals surface area contributed by atoms with E-state index in [4.69, 9.17) is 10.6 Å². The predicted octanol–water partition coefficient (Wildman–Crippen LogP) is -0.495. The summed E-state index contributed by atoms with van der Waals surface area (Å²) in [6.07, 6.45) is 0.724. The van der Waals surface area contributed by atoms with Gasteiger partial charge in [0.05, 0.1) is 19.0 Å². The maximum absolute atomic E-state index is 11.9. The summed E-state index contributed by atoms with van der Waals surface area (Å²) in [5.41, 5.74) is 0. The maximum Gasteiger partial charge on any atom is 0.233 e. The summed E-state index contributed by atoms with van der Waals surface area (Å²) >= 11 is 1.32. The third-order valence-corrected chi connectivity index (χ3v) is 3.67. The van der Waals surface area contributed by atoms with E-state index in [0.29, 0.717) is 37.2 Å². The number of nitrogens with zero attached hydrogens (tertiary/aromatic N) is 4. The van der Waals surface area contributed by atoms with Gasteiger partial charge in [-0.3, -0.25) is 4.79 Å². The Kier molecular flexibility index (Phi) is 4.43. The van der Waals surface area contributed by atoms with Gasteiger partial charge in [-0.15, -0.1) is 10.2 Å². The van der Waals surface area contributed by atoms with Crippen molar-refractivity contribution in [1.29, 1.82) is 0 Å². The summed E-state index contributed by atoms with van der Waals surface area (Å²) in [4.78, 5) is 13.7. The molecule has 0 radical (unpaired) electrons. The van der Waals surface area contributed by atoms with Crippen molar-refractivity contribution in [1.82, 2.24) is 19.8 Å². The molecule has 0 atom stereocenters. The second-order valence-electron chi connectivity index (χ2n) is 3.90. The summed E-state index contributed by atoms with van der Waals surface area (Å²) in [5, 5.41) is 8.48. The van der Waals surface area contributed by atoms with E-state index in [1.165, 1.54) is 16.4 Å². The fourth-order valence-electron chi connectivity index (χ4n) is 1.68. The Hall–Kier alpha value is -1.28. The van der Waals surface area contributed by atoms with Crippen molar-refractivity contribution in [2.24, 2.45) is 0 Å². The number of aryl methyl sites for hydroxylation is 1. The molecule has 1 fully saturated rings. The van der Waals surface area contributed by atoms with Gasteiger partial charge >= 0.3 is 0 Å². The molecule has 1 amide bonds. The first-order valence-electron chi connectivity index (χ1n) is 5.90. The second-order valence-corrected chi connectivity index (χ2v) is 4.85. The molecule has 1 aliphatic rings. The molecule has 1 aliphatic heterocycles. The average Bonchev–Trinajstić information content (AvgIpc) is 2.77. The molecule has 2 N–H and O–H groups in total. The molecule has 7 nitrogen and oxygen atoms in total. The molecule has 2 heterocycles. The number of carbonyl (C=O) groups excluding carboxylic acids is 1. The zero-order valence-electron chi connectivity index (χ0n) is 10.3. The molecule has 0 spiro atoms. The van der Waals surface area contributed by atoms with Crippen molar-refractivity contribution in [3.8, 4) is 0 Å². The number of hydrogen-bond acceptors (Lipinski definition) is 6. The molecule has 0 saturated carbocycles.